The van der Waals surface area contributed by atoms with Gasteiger partial charge in [0, 0.05) is 0 Å². The lowest BCUT2D eigenvalue weighted by molar-refractivity contribution is 0.383. The van der Waals surface area contributed by atoms with Gasteiger partial charge in [-0.05, 0) is 64.9 Å². The first-order chi connectivity index (χ1) is 8.20. The molecule has 0 fully saturated rings. The number of rotatable bonds is 6. The van der Waals surface area contributed by atoms with Crippen molar-refractivity contribution in [3.05, 3.63) is 0 Å². The van der Waals surface area contributed by atoms with E-state index in [1.807, 2.05) is 0 Å². The zero-order chi connectivity index (χ0) is 15.9. The van der Waals surface area contributed by atoms with Gasteiger partial charge in [-0.3, -0.25) is 0 Å². The Morgan fingerprint density at radius 3 is 1.00 bits per heavy atom. The maximum absolute atomic E-state index is 7.32. The molecule has 0 heterocycles. The molecule has 0 aliphatic carbocycles. The van der Waals surface area contributed by atoms with E-state index in [4.69, 9.17) is 17.9 Å². The maximum Gasteiger partial charge on any atom is 0.300 e. The molecule has 112 valence electrons. The molecule has 0 aliphatic rings. The third-order valence-electron chi connectivity index (χ3n) is 1.05. The highest BCUT2D eigenvalue weighted by atomic mass is 31.2. The van der Waals surface area contributed by atoms with E-state index in [0.717, 1.165) is 0 Å². The molecule has 0 rings (SSSR count). The molecule has 0 aromatic carbocycles. The molecule has 0 atom stereocenters. The van der Waals surface area contributed by atoms with Crippen molar-refractivity contribution in [2.75, 3.05) is 0 Å². The first-order valence-electron chi connectivity index (χ1n) is 6.38. The molecule has 0 unspecified atom stereocenters. The van der Waals surface area contributed by atoms with Gasteiger partial charge in [0.2, 0.25) is 7.85 Å². The van der Waals surface area contributed by atoms with Crippen LogP contribution in [-0.2, 0) is 12.6 Å². The predicted octanol–water partition coefficient (Wildman–Crippen LogP) is 3.87. The van der Waals surface area contributed by atoms with E-state index >= 15 is 0 Å². The summed E-state index contributed by atoms with van der Waals surface area (Å²) < 4.78 is 18.1. The molecular weight excluding hydrogens is 308 g/mol. The fourth-order valence-corrected chi connectivity index (χ4v) is 7.55. The van der Waals surface area contributed by atoms with Crippen LogP contribution in [0.15, 0.2) is 0 Å². The zero-order valence-corrected chi connectivity index (χ0v) is 18.0. The second-order valence-electron chi connectivity index (χ2n) is 7.06. The molecule has 0 N–H and O–H groups in total. The molecule has 0 aromatic heterocycles. The minimum Gasteiger partial charge on any atom is -0.356 e. The van der Waals surface area contributed by atoms with Crippen LogP contribution in [0, 0.1) is 11.2 Å². The normalized spacial score (nSPS) is 12.7. The summed E-state index contributed by atoms with van der Waals surface area (Å²) in [5.74, 6) is 1.75. The van der Waals surface area contributed by atoms with Crippen LogP contribution in [0.3, 0.4) is 0 Å². The van der Waals surface area contributed by atoms with Crippen molar-refractivity contribution in [1.29, 1.82) is 5.26 Å². The largest absolute Gasteiger partial charge is 0.356 e. The Morgan fingerprint density at radius 1 is 0.737 bits per heavy atom. The molecule has 0 saturated carbocycles. The molecular formula is C10H29BNO3PSi3. The summed E-state index contributed by atoms with van der Waals surface area (Å²) in [5.41, 5.74) is 0. The lowest BCUT2D eigenvalue weighted by Crippen LogP contribution is -2.32. The van der Waals surface area contributed by atoms with Crippen LogP contribution < -0.4 is 0 Å². The SMILES string of the molecule is BC#N.C[Si](C)(C)OP(O[Si](C)(C)C)O[Si](C)(C)C. The number of nitriles is 1. The van der Waals surface area contributed by atoms with Gasteiger partial charge in [-0.25, -0.2) is 5.26 Å². The molecule has 0 saturated heterocycles. The predicted molar refractivity (Wildman–Crippen MR) is 94.4 cm³/mol. The van der Waals surface area contributed by atoms with E-state index in [1.54, 1.807) is 5.97 Å². The summed E-state index contributed by atoms with van der Waals surface area (Å²) in [4.78, 5) is 0. The molecule has 0 spiro atoms. The highest BCUT2D eigenvalue weighted by Crippen LogP contribution is 2.47. The summed E-state index contributed by atoms with van der Waals surface area (Å²) in [7, 11) is -4.50. The fourth-order valence-electron chi connectivity index (χ4n) is 0.727. The number of nitrogens with zero attached hydrogens (tertiary/aromatic N) is 1. The van der Waals surface area contributed by atoms with E-state index in [0.29, 0.717) is 0 Å². The number of hydrogen-bond acceptors (Lipinski definition) is 4. The van der Waals surface area contributed by atoms with Crippen molar-refractivity contribution in [3.63, 3.8) is 0 Å². The van der Waals surface area contributed by atoms with Crippen LogP contribution in [0.1, 0.15) is 0 Å². The van der Waals surface area contributed by atoms with Gasteiger partial charge in [-0.15, -0.1) is 0 Å². The summed E-state index contributed by atoms with van der Waals surface area (Å²) >= 11 is 0. The molecule has 0 amide bonds. The Bertz CT molecular complexity index is 256. The van der Waals surface area contributed by atoms with Gasteiger partial charge in [0.05, 0.1) is 0 Å². The van der Waals surface area contributed by atoms with Crippen molar-refractivity contribution in [3.8, 4) is 5.97 Å². The topological polar surface area (TPSA) is 51.5 Å². The highest BCUT2D eigenvalue weighted by Gasteiger charge is 2.32. The Labute approximate surface area is 124 Å². The van der Waals surface area contributed by atoms with E-state index in [9.17, 15) is 0 Å². The molecule has 0 aromatic rings. The quantitative estimate of drug-likeness (QED) is 0.545. The van der Waals surface area contributed by atoms with Crippen LogP contribution in [-0.4, -0.2) is 32.8 Å². The van der Waals surface area contributed by atoms with Gasteiger partial charge in [0.15, 0.2) is 25.0 Å². The third kappa shape index (κ3) is 21.0. The average Bonchev–Trinajstić information content (AvgIpc) is 1.92. The number of hydrogen-bond donors (Lipinski definition) is 0. The molecule has 9 heteroatoms. The van der Waals surface area contributed by atoms with Gasteiger partial charge < -0.3 is 12.6 Å². The Balaban J connectivity index is 0. The van der Waals surface area contributed by atoms with E-state index in [1.165, 1.54) is 7.85 Å². The zero-order valence-electron chi connectivity index (χ0n) is 14.1. The smallest absolute Gasteiger partial charge is 0.300 e. The molecule has 4 nitrogen and oxygen atoms in total. The first kappa shape index (κ1) is 21.8. The van der Waals surface area contributed by atoms with Crippen molar-refractivity contribution in [1.82, 2.24) is 0 Å². The molecule has 19 heavy (non-hydrogen) atoms. The summed E-state index contributed by atoms with van der Waals surface area (Å²) in [6.07, 6.45) is 0. The molecule has 0 bridgehead atoms. The van der Waals surface area contributed by atoms with Crippen LogP contribution in [0.5, 0.6) is 0 Å². The van der Waals surface area contributed by atoms with Gasteiger partial charge >= 0.3 is 0 Å². The van der Waals surface area contributed by atoms with Crippen molar-refractivity contribution in [2.45, 2.75) is 58.9 Å². The van der Waals surface area contributed by atoms with Crippen LogP contribution in [0.2, 0.25) is 58.9 Å². The van der Waals surface area contributed by atoms with Crippen molar-refractivity contribution < 1.29 is 12.6 Å². The summed E-state index contributed by atoms with van der Waals surface area (Å²) in [5, 5.41) is 7.32. The van der Waals surface area contributed by atoms with Gasteiger partial charge in [-0.1, -0.05) is 0 Å². The molecule has 0 aliphatic heterocycles. The maximum atomic E-state index is 7.32. The van der Waals surface area contributed by atoms with Crippen molar-refractivity contribution in [2.24, 2.45) is 0 Å². The van der Waals surface area contributed by atoms with Crippen molar-refractivity contribution >= 4 is 41.4 Å². The standard InChI is InChI=1S/C9H27O3PSi3.CH2BN/c1-14(2,3)10-13(11-15(4,5)6)12-16(7,8)9;2-1-3/h1-9H3;2H2. The third-order valence-corrected chi connectivity index (χ3v) is 9.41. The van der Waals surface area contributed by atoms with Gasteiger partial charge in [-0.2, -0.15) is 0 Å². The van der Waals surface area contributed by atoms with E-state index < -0.39 is 33.6 Å². The van der Waals surface area contributed by atoms with E-state index in [2.05, 4.69) is 58.9 Å². The Morgan fingerprint density at radius 2 is 0.895 bits per heavy atom. The van der Waals surface area contributed by atoms with Crippen LogP contribution in [0.25, 0.3) is 0 Å². The lowest BCUT2D eigenvalue weighted by atomic mass is 10.2. The van der Waals surface area contributed by atoms with Crippen LogP contribution >= 0.6 is 8.60 Å². The second-order valence-corrected chi connectivity index (χ2v) is 22.4. The first-order valence-corrected chi connectivity index (χ1v) is 17.7. The monoisotopic (exact) mass is 337 g/mol. The van der Waals surface area contributed by atoms with Gasteiger partial charge in [0.25, 0.3) is 8.60 Å². The lowest BCUT2D eigenvalue weighted by Gasteiger charge is -2.32. The minimum absolute atomic E-state index is 1.14. The molecule has 0 radical (unpaired) electrons. The average molecular weight is 337 g/mol. The van der Waals surface area contributed by atoms with Crippen LogP contribution in [0.4, 0.5) is 0 Å². The van der Waals surface area contributed by atoms with E-state index in [-0.39, 0.29) is 0 Å². The fraction of sp³-hybridized carbons (Fsp3) is 0.900. The summed E-state index contributed by atoms with van der Waals surface area (Å²) in [6.45, 7) is 19.5. The summed E-state index contributed by atoms with van der Waals surface area (Å²) in [6, 6.07) is 0. The van der Waals surface area contributed by atoms with Gasteiger partial charge in [0.1, 0.15) is 0 Å². The Hall–Kier alpha value is 0.516. The highest BCUT2D eigenvalue weighted by molar-refractivity contribution is 7.47. The second kappa shape index (κ2) is 8.73. The Kier molecular flexibility index (Phi) is 10.0. The minimum atomic E-state index is -1.60.